The lowest BCUT2D eigenvalue weighted by atomic mass is 9.76. The maximum atomic E-state index is 9.55. The number of para-hydroxylation sites is 1. The first kappa shape index (κ1) is 14.3. The SMILES string of the molecule is CC1(C)CCC(Oc2cc(CO)c3ccccc3n2)CC1. The highest BCUT2D eigenvalue weighted by Gasteiger charge is 2.28. The van der Waals surface area contributed by atoms with Crippen molar-refractivity contribution in [3.05, 3.63) is 35.9 Å². The Hall–Kier alpha value is -1.61. The molecule has 3 rings (SSSR count). The van der Waals surface area contributed by atoms with Crippen molar-refractivity contribution in [2.75, 3.05) is 0 Å². The molecule has 0 amide bonds. The predicted molar refractivity (Wildman–Crippen MR) is 84.3 cm³/mol. The number of aromatic nitrogens is 1. The Kier molecular flexibility index (Phi) is 3.85. The third-order valence-corrected chi connectivity index (χ3v) is 4.52. The molecule has 1 aromatic carbocycles. The quantitative estimate of drug-likeness (QED) is 0.924. The van der Waals surface area contributed by atoms with Crippen LogP contribution in [-0.4, -0.2) is 16.2 Å². The number of nitrogens with zero attached hydrogens (tertiary/aromatic N) is 1. The van der Waals surface area contributed by atoms with Gasteiger partial charge in [0.15, 0.2) is 0 Å². The highest BCUT2D eigenvalue weighted by Crippen LogP contribution is 2.36. The Balaban J connectivity index is 1.81. The molecule has 0 saturated heterocycles. The van der Waals surface area contributed by atoms with E-state index >= 15 is 0 Å². The van der Waals surface area contributed by atoms with Gasteiger partial charge in [-0.1, -0.05) is 32.0 Å². The molecule has 1 aromatic heterocycles. The van der Waals surface area contributed by atoms with Gasteiger partial charge in [-0.25, -0.2) is 4.98 Å². The number of rotatable bonds is 3. The fourth-order valence-electron chi connectivity index (χ4n) is 3.07. The molecular weight excluding hydrogens is 262 g/mol. The van der Waals surface area contributed by atoms with Gasteiger partial charge in [-0.05, 0) is 42.7 Å². The first-order valence-corrected chi connectivity index (χ1v) is 7.74. The van der Waals surface area contributed by atoms with Crippen LogP contribution in [0.25, 0.3) is 10.9 Å². The van der Waals surface area contributed by atoms with Crippen LogP contribution in [0.15, 0.2) is 30.3 Å². The molecular formula is C18H23NO2. The maximum absolute atomic E-state index is 9.55. The van der Waals surface area contributed by atoms with Gasteiger partial charge in [0.2, 0.25) is 5.88 Å². The van der Waals surface area contributed by atoms with Gasteiger partial charge in [-0.15, -0.1) is 0 Å². The molecule has 0 atom stereocenters. The molecule has 2 aromatic rings. The molecule has 3 nitrogen and oxygen atoms in total. The van der Waals surface area contributed by atoms with E-state index in [1.165, 1.54) is 12.8 Å². The number of fused-ring (bicyclic) bond motifs is 1. The van der Waals surface area contributed by atoms with E-state index < -0.39 is 0 Å². The zero-order chi connectivity index (χ0) is 14.9. The summed E-state index contributed by atoms with van der Waals surface area (Å²) in [6, 6.07) is 9.75. The van der Waals surface area contributed by atoms with E-state index in [0.29, 0.717) is 11.3 Å². The molecule has 0 aliphatic heterocycles. The van der Waals surface area contributed by atoms with Crippen molar-refractivity contribution in [3.63, 3.8) is 0 Å². The largest absolute Gasteiger partial charge is 0.474 e. The smallest absolute Gasteiger partial charge is 0.214 e. The molecule has 1 aliphatic carbocycles. The minimum atomic E-state index is 0.0110. The van der Waals surface area contributed by atoms with E-state index in [1.54, 1.807) is 0 Å². The average molecular weight is 285 g/mol. The van der Waals surface area contributed by atoms with Crippen molar-refractivity contribution >= 4 is 10.9 Å². The van der Waals surface area contributed by atoms with Gasteiger partial charge >= 0.3 is 0 Å². The minimum absolute atomic E-state index is 0.0110. The number of hydrogen-bond acceptors (Lipinski definition) is 3. The van der Waals surface area contributed by atoms with Crippen LogP contribution >= 0.6 is 0 Å². The minimum Gasteiger partial charge on any atom is -0.474 e. The van der Waals surface area contributed by atoms with Crippen molar-refractivity contribution < 1.29 is 9.84 Å². The van der Waals surface area contributed by atoms with Crippen LogP contribution in [0.1, 0.15) is 45.1 Å². The number of pyridine rings is 1. The summed E-state index contributed by atoms with van der Waals surface area (Å²) in [6.07, 6.45) is 4.79. The van der Waals surface area contributed by atoms with E-state index in [1.807, 2.05) is 30.3 Å². The van der Waals surface area contributed by atoms with Crippen LogP contribution < -0.4 is 4.74 Å². The number of hydrogen-bond donors (Lipinski definition) is 1. The second-order valence-electron chi connectivity index (χ2n) is 6.78. The Labute approximate surface area is 126 Å². The zero-order valence-corrected chi connectivity index (χ0v) is 12.8. The number of ether oxygens (including phenoxy) is 1. The van der Waals surface area contributed by atoms with Gasteiger partial charge in [0.1, 0.15) is 6.10 Å². The Morgan fingerprint density at radius 1 is 1.24 bits per heavy atom. The third kappa shape index (κ3) is 3.18. The third-order valence-electron chi connectivity index (χ3n) is 4.52. The molecule has 0 unspecified atom stereocenters. The second kappa shape index (κ2) is 5.64. The normalized spacial score (nSPS) is 18.8. The van der Waals surface area contributed by atoms with E-state index in [0.717, 1.165) is 29.3 Å². The molecule has 1 aliphatic rings. The molecule has 21 heavy (non-hydrogen) atoms. The van der Waals surface area contributed by atoms with Gasteiger partial charge in [0.05, 0.1) is 12.1 Å². The van der Waals surface area contributed by atoms with Gasteiger partial charge < -0.3 is 9.84 Å². The standard InChI is InChI=1S/C18H23NO2/c1-18(2)9-7-14(8-10-18)21-17-11-13(12-20)15-5-3-4-6-16(15)19-17/h3-6,11,14,20H,7-10,12H2,1-2H3. The van der Waals surface area contributed by atoms with Gasteiger partial charge in [0, 0.05) is 11.5 Å². The predicted octanol–water partition coefficient (Wildman–Crippen LogP) is 4.07. The molecule has 3 heteroatoms. The molecule has 1 saturated carbocycles. The average Bonchev–Trinajstić information content (AvgIpc) is 2.48. The molecule has 1 fully saturated rings. The molecule has 1 heterocycles. The summed E-state index contributed by atoms with van der Waals surface area (Å²) in [5, 5.41) is 10.5. The Bertz CT molecular complexity index is 626. The van der Waals surface area contributed by atoms with Crippen molar-refractivity contribution in [1.82, 2.24) is 4.98 Å². The highest BCUT2D eigenvalue weighted by atomic mass is 16.5. The van der Waals surface area contributed by atoms with Crippen molar-refractivity contribution in [3.8, 4) is 5.88 Å². The van der Waals surface area contributed by atoms with Crippen molar-refractivity contribution in [2.24, 2.45) is 5.41 Å². The van der Waals surface area contributed by atoms with E-state index in [-0.39, 0.29) is 12.7 Å². The molecule has 0 spiro atoms. The van der Waals surface area contributed by atoms with Gasteiger partial charge in [0.25, 0.3) is 0 Å². The van der Waals surface area contributed by atoms with E-state index in [4.69, 9.17) is 4.74 Å². The monoisotopic (exact) mass is 285 g/mol. The van der Waals surface area contributed by atoms with Crippen LogP contribution in [-0.2, 0) is 6.61 Å². The van der Waals surface area contributed by atoms with Crippen molar-refractivity contribution in [1.29, 1.82) is 0 Å². The first-order valence-electron chi connectivity index (χ1n) is 7.74. The lowest BCUT2D eigenvalue weighted by molar-refractivity contribution is 0.0950. The highest BCUT2D eigenvalue weighted by molar-refractivity contribution is 5.82. The summed E-state index contributed by atoms with van der Waals surface area (Å²) < 4.78 is 6.08. The van der Waals surface area contributed by atoms with Gasteiger partial charge in [-0.2, -0.15) is 0 Å². The summed E-state index contributed by atoms with van der Waals surface area (Å²) >= 11 is 0. The second-order valence-corrected chi connectivity index (χ2v) is 6.78. The summed E-state index contributed by atoms with van der Waals surface area (Å²) in [5.41, 5.74) is 2.20. The fraction of sp³-hybridized carbons (Fsp3) is 0.500. The lowest BCUT2D eigenvalue weighted by Gasteiger charge is -2.34. The number of benzene rings is 1. The summed E-state index contributed by atoms with van der Waals surface area (Å²) in [7, 11) is 0. The zero-order valence-electron chi connectivity index (χ0n) is 12.8. The Morgan fingerprint density at radius 2 is 1.95 bits per heavy atom. The van der Waals surface area contributed by atoms with Crippen LogP contribution in [0.2, 0.25) is 0 Å². The van der Waals surface area contributed by atoms with Crippen LogP contribution in [0, 0.1) is 5.41 Å². The van der Waals surface area contributed by atoms with Crippen LogP contribution in [0.4, 0.5) is 0 Å². The van der Waals surface area contributed by atoms with E-state index in [2.05, 4.69) is 18.8 Å². The summed E-state index contributed by atoms with van der Waals surface area (Å²) in [5.74, 6) is 0.641. The molecule has 0 bridgehead atoms. The molecule has 112 valence electrons. The summed E-state index contributed by atoms with van der Waals surface area (Å²) in [6.45, 7) is 4.65. The maximum Gasteiger partial charge on any atom is 0.214 e. The number of aliphatic hydroxyl groups is 1. The Morgan fingerprint density at radius 3 is 2.67 bits per heavy atom. The first-order chi connectivity index (χ1) is 10.1. The van der Waals surface area contributed by atoms with Gasteiger partial charge in [-0.3, -0.25) is 0 Å². The van der Waals surface area contributed by atoms with E-state index in [9.17, 15) is 5.11 Å². The number of aliphatic hydroxyl groups excluding tert-OH is 1. The van der Waals surface area contributed by atoms with Crippen LogP contribution in [0.5, 0.6) is 5.88 Å². The summed E-state index contributed by atoms with van der Waals surface area (Å²) in [4.78, 5) is 4.58. The fourth-order valence-corrected chi connectivity index (χ4v) is 3.07. The van der Waals surface area contributed by atoms with Crippen molar-refractivity contribution in [2.45, 2.75) is 52.2 Å². The topological polar surface area (TPSA) is 42.4 Å². The van der Waals surface area contributed by atoms with Crippen LogP contribution in [0.3, 0.4) is 0 Å². The molecule has 1 N–H and O–H groups in total. The molecule has 0 radical (unpaired) electrons. The lowest BCUT2D eigenvalue weighted by Crippen LogP contribution is -2.28.